The molecule has 254 valence electrons. The van der Waals surface area contributed by atoms with E-state index in [4.69, 9.17) is 21.3 Å². The second kappa shape index (κ2) is 18.5. The van der Waals surface area contributed by atoms with Crippen molar-refractivity contribution in [2.24, 2.45) is 17.4 Å². The molecule has 15 nitrogen and oxygen atoms in total. The van der Waals surface area contributed by atoms with Gasteiger partial charge < -0.3 is 42.6 Å². The molecule has 6 amide bonds. The molecule has 2 aromatic carbocycles. The molecule has 0 heterocycles. The Balaban J connectivity index is 2.18. The Hall–Kier alpha value is -5.47. The van der Waals surface area contributed by atoms with Crippen molar-refractivity contribution in [1.29, 1.82) is 0 Å². The molecule has 15 heteroatoms. The van der Waals surface area contributed by atoms with E-state index in [1.807, 2.05) is 30.3 Å². The Morgan fingerprint density at radius 2 is 1.34 bits per heavy atom. The van der Waals surface area contributed by atoms with E-state index in [1.165, 1.54) is 6.92 Å². The maximum atomic E-state index is 13.4. The number of aliphatic carboxylic acids is 1. The fourth-order valence-electron chi connectivity index (χ4n) is 4.30. The zero-order valence-electron chi connectivity index (χ0n) is 26.5. The number of rotatable bonds is 19. The van der Waals surface area contributed by atoms with E-state index in [9.17, 15) is 33.6 Å². The van der Waals surface area contributed by atoms with Crippen molar-refractivity contribution in [2.45, 2.75) is 77.2 Å². The van der Waals surface area contributed by atoms with Crippen molar-refractivity contribution in [2.75, 3.05) is 0 Å². The standard InChI is InChI=1S/C32H42N6O9/c1-18(2)28(29(34)43)38-30(44)19(3)35-31(45)24(16-25(33)39)37-32(46)23(36-26(40)13-14-27(41)42)15-20-9-11-22(12-10-20)47-17-21-7-5-4-6-8-21/h4-12,18-19,23-24,28H,13-17H2,1-3H3,(H2,33,39)(H2,34,43)(H,35,45)(H,36,40)(H,37,46)(H,38,44)(H,41,42). The normalized spacial score (nSPS) is 13.3. The van der Waals surface area contributed by atoms with E-state index in [0.717, 1.165) is 5.56 Å². The smallest absolute Gasteiger partial charge is 0.303 e. The number of primary amides is 2. The number of hydrogen-bond donors (Lipinski definition) is 7. The topological polar surface area (TPSA) is 249 Å². The van der Waals surface area contributed by atoms with Crippen LogP contribution in [0.5, 0.6) is 5.75 Å². The number of carboxylic acid groups (broad SMARTS) is 1. The highest BCUT2D eigenvalue weighted by molar-refractivity contribution is 5.97. The molecule has 47 heavy (non-hydrogen) atoms. The summed E-state index contributed by atoms with van der Waals surface area (Å²) in [6.45, 7) is 5.00. The van der Waals surface area contributed by atoms with Gasteiger partial charge in [-0.3, -0.25) is 33.6 Å². The summed E-state index contributed by atoms with van der Waals surface area (Å²) in [4.78, 5) is 86.1. The van der Waals surface area contributed by atoms with Gasteiger partial charge in [0.05, 0.1) is 12.8 Å². The van der Waals surface area contributed by atoms with Crippen LogP contribution in [-0.4, -0.2) is 70.7 Å². The largest absolute Gasteiger partial charge is 0.489 e. The van der Waals surface area contributed by atoms with Gasteiger partial charge in [0.15, 0.2) is 0 Å². The van der Waals surface area contributed by atoms with Gasteiger partial charge in [0.2, 0.25) is 35.4 Å². The Morgan fingerprint density at radius 1 is 0.723 bits per heavy atom. The van der Waals surface area contributed by atoms with Crippen LogP contribution in [0.3, 0.4) is 0 Å². The molecule has 9 N–H and O–H groups in total. The summed E-state index contributed by atoms with van der Waals surface area (Å²) in [5, 5.41) is 18.6. The number of nitrogens with two attached hydrogens (primary N) is 2. The lowest BCUT2D eigenvalue weighted by Crippen LogP contribution is -2.58. The number of hydrogen-bond acceptors (Lipinski definition) is 8. The van der Waals surface area contributed by atoms with Gasteiger partial charge in [-0.15, -0.1) is 0 Å². The van der Waals surface area contributed by atoms with Gasteiger partial charge in [0.1, 0.15) is 36.5 Å². The molecule has 0 aliphatic heterocycles. The highest BCUT2D eigenvalue weighted by Crippen LogP contribution is 2.16. The summed E-state index contributed by atoms with van der Waals surface area (Å²) in [6.07, 6.45) is -1.61. The first kappa shape index (κ1) is 37.7. The van der Waals surface area contributed by atoms with Gasteiger partial charge in [0.25, 0.3) is 0 Å². The monoisotopic (exact) mass is 654 g/mol. The minimum Gasteiger partial charge on any atom is -0.489 e. The van der Waals surface area contributed by atoms with Crippen molar-refractivity contribution in [3.8, 4) is 5.75 Å². The molecular weight excluding hydrogens is 612 g/mol. The number of ether oxygens (including phenoxy) is 1. The van der Waals surface area contributed by atoms with Gasteiger partial charge in [-0.1, -0.05) is 56.3 Å². The minimum absolute atomic E-state index is 0.0724. The summed E-state index contributed by atoms with van der Waals surface area (Å²) < 4.78 is 5.78. The number of amides is 6. The highest BCUT2D eigenvalue weighted by Gasteiger charge is 2.31. The lowest BCUT2D eigenvalue weighted by molar-refractivity contribution is -0.139. The number of benzene rings is 2. The molecule has 0 saturated carbocycles. The Morgan fingerprint density at radius 3 is 1.89 bits per heavy atom. The van der Waals surface area contributed by atoms with Gasteiger partial charge in [-0.25, -0.2) is 0 Å². The Kier molecular flexibility index (Phi) is 14.8. The van der Waals surface area contributed by atoms with Crippen LogP contribution in [0.2, 0.25) is 0 Å². The maximum Gasteiger partial charge on any atom is 0.303 e. The van der Waals surface area contributed by atoms with Gasteiger partial charge >= 0.3 is 5.97 Å². The zero-order valence-corrected chi connectivity index (χ0v) is 26.5. The van der Waals surface area contributed by atoms with Crippen LogP contribution >= 0.6 is 0 Å². The molecule has 0 aromatic heterocycles. The second-order valence-corrected chi connectivity index (χ2v) is 11.2. The molecule has 0 bridgehead atoms. The van der Waals surface area contributed by atoms with E-state index in [0.29, 0.717) is 17.9 Å². The first-order chi connectivity index (χ1) is 22.2. The number of carbonyl (C=O) groups excluding carboxylic acids is 6. The number of nitrogens with one attached hydrogen (secondary N) is 4. The molecule has 0 aliphatic rings. The maximum absolute atomic E-state index is 13.4. The molecule has 0 saturated heterocycles. The van der Waals surface area contributed by atoms with Gasteiger partial charge in [0, 0.05) is 12.8 Å². The van der Waals surface area contributed by atoms with E-state index >= 15 is 0 Å². The number of carboxylic acids is 1. The van der Waals surface area contributed by atoms with Crippen molar-refractivity contribution in [3.05, 3.63) is 65.7 Å². The predicted octanol–water partition coefficient (Wildman–Crippen LogP) is -0.351. The Labute approximate surface area is 272 Å². The van der Waals surface area contributed by atoms with Crippen LogP contribution in [0.1, 0.15) is 51.2 Å². The molecule has 2 rings (SSSR count). The lowest BCUT2D eigenvalue weighted by atomic mass is 10.0. The van der Waals surface area contributed by atoms with Crippen LogP contribution in [-0.2, 0) is 46.6 Å². The van der Waals surface area contributed by atoms with Crippen molar-refractivity contribution < 1.29 is 43.4 Å². The van der Waals surface area contributed by atoms with E-state index in [2.05, 4.69) is 21.3 Å². The fourth-order valence-corrected chi connectivity index (χ4v) is 4.30. The van der Waals surface area contributed by atoms with Crippen LogP contribution < -0.4 is 37.5 Å². The van der Waals surface area contributed by atoms with E-state index < -0.39 is 84.8 Å². The third kappa shape index (κ3) is 13.6. The summed E-state index contributed by atoms with van der Waals surface area (Å²) >= 11 is 0. The summed E-state index contributed by atoms with van der Waals surface area (Å²) in [5.74, 6) is -5.97. The molecule has 4 unspecified atom stereocenters. The average Bonchev–Trinajstić information content (AvgIpc) is 3.01. The second-order valence-electron chi connectivity index (χ2n) is 11.2. The summed E-state index contributed by atoms with van der Waals surface area (Å²) in [6, 6.07) is 11.2. The zero-order chi connectivity index (χ0) is 35.1. The first-order valence-corrected chi connectivity index (χ1v) is 14.9. The van der Waals surface area contributed by atoms with Crippen molar-refractivity contribution >= 4 is 41.4 Å². The van der Waals surface area contributed by atoms with Gasteiger partial charge in [-0.2, -0.15) is 0 Å². The third-order valence-electron chi connectivity index (χ3n) is 6.89. The summed E-state index contributed by atoms with van der Waals surface area (Å²) in [7, 11) is 0. The molecule has 2 aromatic rings. The van der Waals surface area contributed by atoms with Crippen LogP contribution in [0, 0.1) is 5.92 Å². The minimum atomic E-state index is -1.54. The van der Waals surface area contributed by atoms with Crippen molar-refractivity contribution in [3.63, 3.8) is 0 Å². The first-order valence-electron chi connectivity index (χ1n) is 14.9. The SMILES string of the molecule is CC(NC(=O)C(CC(N)=O)NC(=O)C(Cc1ccc(OCc2ccccc2)cc1)NC(=O)CCC(=O)O)C(=O)NC(C(N)=O)C(C)C. The molecule has 0 spiro atoms. The lowest BCUT2D eigenvalue weighted by Gasteiger charge is -2.25. The highest BCUT2D eigenvalue weighted by atomic mass is 16.5. The van der Waals surface area contributed by atoms with Crippen LogP contribution in [0.15, 0.2) is 54.6 Å². The molecule has 4 atom stereocenters. The van der Waals surface area contributed by atoms with E-state index in [1.54, 1.807) is 38.1 Å². The third-order valence-corrected chi connectivity index (χ3v) is 6.89. The van der Waals surface area contributed by atoms with Crippen LogP contribution in [0.25, 0.3) is 0 Å². The average molecular weight is 655 g/mol. The number of carbonyl (C=O) groups is 7. The fraction of sp³-hybridized carbons (Fsp3) is 0.406. The Bertz CT molecular complexity index is 1420. The molecule has 0 radical (unpaired) electrons. The van der Waals surface area contributed by atoms with E-state index in [-0.39, 0.29) is 12.3 Å². The predicted molar refractivity (Wildman–Crippen MR) is 169 cm³/mol. The van der Waals surface area contributed by atoms with Crippen molar-refractivity contribution in [1.82, 2.24) is 21.3 Å². The molecule has 0 aliphatic carbocycles. The van der Waals surface area contributed by atoms with Crippen LogP contribution in [0.4, 0.5) is 0 Å². The quantitative estimate of drug-likeness (QED) is 0.104. The summed E-state index contributed by atoms with van der Waals surface area (Å²) in [5.41, 5.74) is 12.2. The molecular formula is C32H42N6O9. The molecule has 0 fully saturated rings. The van der Waals surface area contributed by atoms with Gasteiger partial charge in [-0.05, 0) is 36.1 Å².